The van der Waals surface area contributed by atoms with Crippen LogP contribution in [0.4, 0.5) is 5.69 Å². The molecule has 7 heteroatoms. The highest BCUT2D eigenvalue weighted by Crippen LogP contribution is 2.20. The molecule has 0 aliphatic rings. The summed E-state index contributed by atoms with van der Waals surface area (Å²) in [4.78, 5) is 27.2. The number of carboxylic acid groups (broad SMARTS) is 1. The molecule has 0 saturated heterocycles. The normalized spacial score (nSPS) is 11.7. The van der Waals surface area contributed by atoms with Gasteiger partial charge in [-0.2, -0.15) is 0 Å². The van der Waals surface area contributed by atoms with Crippen LogP contribution in [0.3, 0.4) is 0 Å². The molecule has 2 aromatic rings. The van der Waals surface area contributed by atoms with Crippen molar-refractivity contribution in [2.75, 3.05) is 5.32 Å². The number of hydrogen-bond donors (Lipinski definition) is 2. The monoisotopic (exact) mass is 333 g/mol. The zero-order chi connectivity index (χ0) is 16.7. The molecular formula is C16H16ClN3O3. The second-order valence-corrected chi connectivity index (χ2v) is 5.37. The first-order chi connectivity index (χ1) is 11.1. The standard InChI is InChI=1S/C16H16ClN3O3/c17-12-5-1-2-6-13(12)20-15(21)8-14(16(22)23)19-10-11-4-3-7-18-9-11/h1-7,9,14,19H,8,10H2,(H,20,21)(H,22,23)/t14-/m0/s1. The number of para-hydroxylation sites is 1. The van der Waals surface area contributed by atoms with Gasteiger partial charge < -0.3 is 20.5 Å². The molecule has 2 rings (SSSR count). The number of halogens is 1. The third-order valence-corrected chi connectivity index (χ3v) is 3.55. The third kappa shape index (κ3) is 5.36. The average molecular weight is 334 g/mol. The van der Waals surface area contributed by atoms with Gasteiger partial charge in [0.05, 0.1) is 23.1 Å². The van der Waals surface area contributed by atoms with Crippen LogP contribution in [-0.2, 0) is 16.1 Å². The summed E-state index contributed by atoms with van der Waals surface area (Å²) in [7, 11) is 0. The number of nitrogens with one attached hydrogen (secondary N) is 1. The Morgan fingerprint density at radius 2 is 2.04 bits per heavy atom. The van der Waals surface area contributed by atoms with Crippen molar-refractivity contribution >= 4 is 29.2 Å². The topological polar surface area (TPSA) is 98.7 Å². The van der Waals surface area contributed by atoms with Crippen molar-refractivity contribution in [2.45, 2.75) is 19.0 Å². The fourth-order valence-corrected chi connectivity index (χ4v) is 2.21. The van der Waals surface area contributed by atoms with Crippen LogP contribution in [-0.4, -0.2) is 22.9 Å². The number of quaternary nitrogens is 1. The number of aromatic nitrogens is 1. The van der Waals surface area contributed by atoms with E-state index in [0.717, 1.165) is 5.56 Å². The number of anilines is 1. The van der Waals surface area contributed by atoms with Crippen molar-refractivity contribution in [3.8, 4) is 0 Å². The molecule has 0 unspecified atom stereocenters. The second kappa shape index (κ2) is 8.26. The number of hydrogen-bond acceptors (Lipinski definition) is 4. The summed E-state index contributed by atoms with van der Waals surface area (Å²) < 4.78 is 0. The van der Waals surface area contributed by atoms with Crippen LogP contribution in [0.25, 0.3) is 0 Å². The summed E-state index contributed by atoms with van der Waals surface area (Å²) in [5, 5.41) is 15.7. The highest BCUT2D eigenvalue weighted by molar-refractivity contribution is 6.33. The van der Waals surface area contributed by atoms with Crippen LogP contribution in [0.2, 0.25) is 5.02 Å². The number of nitrogens with two attached hydrogens (primary N) is 1. The van der Waals surface area contributed by atoms with Crippen molar-refractivity contribution in [1.82, 2.24) is 4.98 Å². The van der Waals surface area contributed by atoms with Crippen molar-refractivity contribution in [3.05, 3.63) is 59.4 Å². The number of carbonyl (C=O) groups excluding carboxylic acids is 2. The molecule has 0 radical (unpaired) electrons. The summed E-state index contributed by atoms with van der Waals surface area (Å²) in [6.07, 6.45) is 3.07. The highest BCUT2D eigenvalue weighted by Gasteiger charge is 2.19. The van der Waals surface area contributed by atoms with Gasteiger partial charge >= 0.3 is 0 Å². The van der Waals surface area contributed by atoms with Crippen molar-refractivity contribution < 1.29 is 20.0 Å². The van der Waals surface area contributed by atoms with E-state index in [9.17, 15) is 14.7 Å². The Morgan fingerprint density at radius 3 is 2.70 bits per heavy atom. The third-order valence-electron chi connectivity index (χ3n) is 3.22. The zero-order valence-corrected chi connectivity index (χ0v) is 13.0. The Bertz CT molecular complexity index is 679. The fraction of sp³-hybridized carbons (Fsp3) is 0.188. The van der Waals surface area contributed by atoms with E-state index in [2.05, 4.69) is 10.3 Å². The van der Waals surface area contributed by atoms with Crippen molar-refractivity contribution in [2.24, 2.45) is 0 Å². The van der Waals surface area contributed by atoms with Gasteiger partial charge in [-0.3, -0.25) is 9.78 Å². The molecule has 3 N–H and O–H groups in total. The van der Waals surface area contributed by atoms with Gasteiger partial charge in [0.2, 0.25) is 5.91 Å². The van der Waals surface area contributed by atoms with Crippen molar-refractivity contribution in [1.29, 1.82) is 0 Å². The lowest BCUT2D eigenvalue weighted by Crippen LogP contribution is -2.92. The van der Waals surface area contributed by atoms with Gasteiger partial charge in [0.15, 0.2) is 0 Å². The molecule has 0 aliphatic heterocycles. The van der Waals surface area contributed by atoms with E-state index < -0.39 is 17.9 Å². The molecule has 0 fully saturated rings. The molecule has 0 aliphatic carbocycles. The quantitative estimate of drug-likeness (QED) is 0.742. The van der Waals surface area contributed by atoms with Crippen LogP contribution < -0.4 is 15.7 Å². The zero-order valence-electron chi connectivity index (χ0n) is 12.2. The maximum atomic E-state index is 12.0. The molecular weight excluding hydrogens is 318 g/mol. The lowest BCUT2D eigenvalue weighted by molar-refractivity contribution is -0.697. The molecule has 1 heterocycles. The number of benzene rings is 1. The van der Waals surface area contributed by atoms with Gasteiger partial charge in [-0.25, -0.2) is 0 Å². The number of nitrogens with zero attached hydrogens (tertiary/aromatic N) is 1. The Kier molecular flexibility index (Phi) is 6.08. The molecule has 120 valence electrons. The largest absolute Gasteiger partial charge is 0.544 e. The molecule has 23 heavy (non-hydrogen) atoms. The Hall–Kier alpha value is -2.44. The summed E-state index contributed by atoms with van der Waals surface area (Å²) in [5.74, 6) is -1.72. The number of aliphatic carboxylic acids is 1. The first-order valence-corrected chi connectivity index (χ1v) is 7.41. The fourth-order valence-electron chi connectivity index (χ4n) is 2.02. The maximum absolute atomic E-state index is 12.0. The van der Waals surface area contributed by atoms with Crippen LogP contribution >= 0.6 is 11.6 Å². The molecule has 1 aromatic carbocycles. The second-order valence-electron chi connectivity index (χ2n) is 4.96. The van der Waals surface area contributed by atoms with Crippen LogP contribution in [0.5, 0.6) is 0 Å². The Morgan fingerprint density at radius 1 is 1.26 bits per heavy atom. The Balaban J connectivity index is 1.92. The van der Waals surface area contributed by atoms with E-state index in [0.29, 0.717) is 17.3 Å². The van der Waals surface area contributed by atoms with Gasteiger partial charge in [0.25, 0.3) is 0 Å². The lowest BCUT2D eigenvalue weighted by atomic mass is 10.1. The number of amides is 1. The maximum Gasteiger partial charge on any atom is 0.230 e. The summed E-state index contributed by atoms with van der Waals surface area (Å²) in [6, 6.07) is 9.37. The van der Waals surface area contributed by atoms with Gasteiger partial charge in [-0.1, -0.05) is 29.8 Å². The SMILES string of the molecule is O=C(C[C@H]([NH2+]Cc1cccnc1)C(=O)[O-])Nc1ccccc1Cl. The first kappa shape index (κ1) is 16.9. The van der Waals surface area contributed by atoms with E-state index in [4.69, 9.17) is 11.6 Å². The Labute approximate surface area is 138 Å². The first-order valence-electron chi connectivity index (χ1n) is 7.03. The van der Waals surface area contributed by atoms with Crippen LogP contribution in [0.15, 0.2) is 48.8 Å². The number of carboxylic acids is 1. The molecule has 0 spiro atoms. The number of rotatable bonds is 7. The van der Waals surface area contributed by atoms with E-state index in [1.807, 2.05) is 6.07 Å². The average Bonchev–Trinajstić information content (AvgIpc) is 2.54. The molecule has 6 nitrogen and oxygen atoms in total. The minimum atomic E-state index is -1.29. The van der Waals surface area contributed by atoms with E-state index in [1.54, 1.807) is 48.0 Å². The van der Waals surface area contributed by atoms with E-state index in [-0.39, 0.29) is 6.42 Å². The number of carbonyl (C=O) groups is 2. The van der Waals surface area contributed by atoms with Crippen LogP contribution in [0, 0.1) is 0 Å². The van der Waals surface area contributed by atoms with E-state index >= 15 is 0 Å². The minimum Gasteiger partial charge on any atom is -0.544 e. The van der Waals surface area contributed by atoms with E-state index in [1.165, 1.54) is 0 Å². The highest BCUT2D eigenvalue weighted by atomic mass is 35.5. The molecule has 1 atom stereocenters. The lowest BCUT2D eigenvalue weighted by Gasteiger charge is -2.16. The molecule has 1 amide bonds. The summed E-state index contributed by atoms with van der Waals surface area (Å²) in [5.41, 5.74) is 1.31. The smallest absolute Gasteiger partial charge is 0.230 e. The van der Waals surface area contributed by atoms with Gasteiger partial charge in [-0.05, 0) is 18.2 Å². The predicted octanol–water partition coefficient (Wildman–Crippen LogP) is -0.0543. The minimum absolute atomic E-state index is 0.214. The van der Waals surface area contributed by atoms with Gasteiger partial charge in [0.1, 0.15) is 12.6 Å². The molecule has 0 bridgehead atoms. The number of pyridine rings is 1. The van der Waals surface area contributed by atoms with Crippen LogP contribution in [0.1, 0.15) is 12.0 Å². The molecule has 1 aromatic heterocycles. The molecule has 0 saturated carbocycles. The summed E-state index contributed by atoms with van der Waals surface area (Å²) in [6.45, 7) is 0.395. The summed E-state index contributed by atoms with van der Waals surface area (Å²) >= 11 is 5.95. The van der Waals surface area contributed by atoms with Gasteiger partial charge in [-0.15, -0.1) is 0 Å². The predicted molar refractivity (Wildman–Crippen MR) is 83.4 cm³/mol. The van der Waals surface area contributed by atoms with Gasteiger partial charge in [0, 0.05) is 18.0 Å². The van der Waals surface area contributed by atoms with Crippen molar-refractivity contribution in [3.63, 3.8) is 0 Å².